The van der Waals surface area contributed by atoms with Crippen LogP contribution in [-0.2, 0) is 17.8 Å². The molecule has 2 N–H and O–H groups in total. The van der Waals surface area contributed by atoms with Gasteiger partial charge in [-0.2, -0.15) is 0 Å². The van der Waals surface area contributed by atoms with E-state index in [1.807, 2.05) is 28.8 Å². The lowest BCUT2D eigenvalue weighted by Gasteiger charge is -2.38. The van der Waals surface area contributed by atoms with Gasteiger partial charge in [0.2, 0.25) is 5.91 Å². The summed E-state index contributed by atoms with van der Waals surface area (Å²) >= 11 is 0. The molecule has 1 amide bonds. The quantitative estimate of drug-likeness (QED) is 0.682. The molecule has 2 aliphatic heterocycles. The fraction of sp³-hybridized carbons (Fsp3) is 0.556. The highest BCUT2D eigenvalue weighted by atomic mass is 16.3. The minimum Gasteiger partial charge on any atom is -0.396 e. The molecule has 1 saturated heterocycles. The van der Waals surface area contributed by atoms with Crippen molar-refractivity contribution in [3.05, 3.63) is 70.1 Å². The number of aliphatic hydroxyl groups excluding tert-OH is 1. The van der Waals surface area contributed by atoms with E-state index in [0.29, 0.717) is 12.5 Å². The molecule has 1 aromatic carbocycles. The Hall–Kier alpha value is -2.44. The highest BCUT2D eigenvalue weighted by Gasteiger charge is 2.55. The monoisotopic (exact) mass is 449 g/mol. The molecule has 3 aliphatic rings. The van der Waals surface area contributed by atoms with Crippen LogP contribution >= 0.6 is 0 Å². The number of rotatable bonds is 7. The highest BCUT2D eigenvalue weighted by Crippen LogP contribution is 2.48. The van der Waals surface area contributed by atoms with Gasteiger partial charge in [-0.1, -0.05) is 55.7 Å². The molecule has 0 radical (unpaired) electrons. The molecule has 2 aromatic rings. The Balaban J connectivity index is 1.42. The Morgan fingerprint density at radius 1 is 1.03 bits per heavy atom. The molecule has 0 unspecified atom stereocenters. The van der Waals surface area contributed by atoms with E-state index in [9.17, 15) is 14.7 Å². The van der Waals surface area contributed by atoms with Crippen molar-refractivity contribution in [1.82, 2.24) is 14.8 Å². The van der Waals surface area contributed by atoms with Crippen molar-refractivity contribution in [2.45, 2.75) is 57.2 Å². The van der Waals surface area contributed by atoms with E-state index in [2.05, 4.69) is 22.3 Å². The van der Waals surface area contributed by atoms with E-state index in [1.165, 1.54) is 37.7 Å². The fourth-order valence-corrected chi connectivity index (χ4v) is 6.44. The number of nitrogens with zero attached hydrogens (tertiary/aromatic N) is 2. The summed E-state index contributed by atoms with van der Waals surface area (Å²) in [6.07, 6.45) is 7.03. The van der Waals surface area contributed by atoms with E-state index in [0.717, 1.165) is 25.2 Å². The topological polar surface area (TPSA) is 74.6 Å². The summed E-state index contributed by atoms with van der Waals surface area (Å²) in [5.74, 6) is 0.0491. The van der Waals surface area contributed by atoms with Crippen molar-refractivity contribution in [2.24, 2.45) is 17.8 Å². The van der Waals surface area contributed by atoms with Crippen molar-refractivity contribution in [1.29, 1.82) is 0 Å². The number of amides is 1. The summed E-state index contributed by atoms with van der Waals surface area (Å²) in [5, 5.41) is 13.7. The van der Waals surface area contributed by atoms with Crippen molar-refractivity contribution >= 4 is 5.91 Å². The molecular formula is C27H35N3O3. The predicted octanol–water partition coefficient (Wildman–Crippen LogP) is 2.75. The number of aliphatic hydroxyl groups is 1. The van der Waals surface area contributed by atoms with Crippen LogP contribution in [0.4, 0.5) is 0 Å². The lowest BCUT2D eigenvalue weighted by molar-refractivity contribution is -0.127. The third-order valence-electron chi connectivity index (χ3n) is 8.14. The van der Waals surface area contributed by atoms with Crippen LogP contribution in [0.1, 0.15) is 49.4 Å². The molecule has 176 valence electrons. The first-order chi connectivity index (χ1) is 16.2. The number of carbonyl (C=O) groups is 1. The second-order valence-corrected chi connectivity index (χ2v) is 10.0. The molecule has 2 bridgehead atoms. The molecule has 1 aromatic heterocycles. The van der Waals surface area contributed by atoms with Gasteiger partial charge in [0.25, 0.3) is 5.56 Å². The molecule has 6 nitrogen and oxygen atoms in total. The normalized spacial score (nSPS) is 27.3. The van der Waals surface area contributed by atoms with E-state index >= 15 is 0 Å². The minimum absolute atomic E-state index is 0.0230. The lowest BCUT2D eigenvalue weighted by atomic mass is 9.85. The summed E-state index contributed by atoms with van der Waals surface area (Å²) in [6.45, 7) is 1.99. The lowest BCUT2D eigenvalue weighted by Crippen LogP contribution is -2.47. The second-order valence-electron chi connectivity index (χ2n) is 10.0. The SMILES string of the molecule is O=C(NCC1CCCCC1)[C@H]1[C@H](CO)[C@H]2Cn3c(cccc3=O)[C@@H]1N2CCc1ccccc1. The van der Waals surface area contributed by atoms with Gasteiger partial charge in [-0.25, -0.2) is 0 Å². The van der Waals surface area contributed by atoms with Crippen LogP contribution in [0, 0.1) is 17.8 Å². The first-order valence-electron chi connectivity index (χ1n) is 12.6. The zero-order valence-electron chi connectivity index (χ0n) is 19.2. The zero-order valence-corrected chi connectivity index (χ0v) is 19.2. The molecule has 6 heteroatoms. The molecular weight excluding hydrogens is 414 g/mol. The number of hydrogen-bond donors (Lipinski definition) is 2. The zero-order chi connectivity index (χ0) is 22.8. The van der Waals surface area contributed by atoms with E-state index in [1.54, 1.807) is 12.1 Å². The summed E-state index contributed by atoms with van der Waals surface area (Å²) in [4.78, 5) is 28.6. The van der Waals surface area contributed by atoms with Crippen molar-refractivity contribution in [3.63, 3.8) is 0 Å². The molecule has 5 rings (SSSR count). The summed E-state index contributed by atoms with van der Waals surface area (Å²) in [5.41, 5.74) is 2.14. The Kier molecular flexibility index (Phi) is 6.65. The smallest absolute Gasteiger partial charge is 0.250 e. The molecule has 0 spiro atoms. The van der Waals surface area contributed by atoms with Gasteiger partial charge in [-0.05, 0) is 36.8 Å². The third kappa shape index (κ3) is 4.38. The number of carbonyl (C=O) groups excluding carboxylic acids is 1. The fourth-order valence-electron chi connectivity index (χ4n) is 6.44. The van der Waals surface area contributed by atoms with E-state index in [4.69, 9.17) is 0 Å². The van der Waals surface area contributed by atoms with E-state index in [-0.39, 0.29) is 42.0 Å². The van der Waals surface area contributed by atoms with Gasteiger partial charge >= 0.3 is 0 Å². The predicted molar refractivity (Wildman–Crippen MR) is 128 cm³/mol. The van der Waals surface area contributed by atoms with Gasteiger partial charge < -0.3 is 15.0 Å². The van der Waals surface area contributed by atoms with Crippen LogP contribution in [0.15, 0.2) is 53.3 Å². The standard InChI is InChI=1S/C27H35N3O3/c31-18-21-23-17-30-22(12-7-13-24(30)32)26(29(23)15-14-19-8-3-1-4-9-19)25(21)27(33)28-16-20-10-5-2-6-11-20/h1,3-4,7-9,12-13,20-21,23,25-26,31H,2,5-6,10-11,14-18H2,(H,28,33)/t21-,23-,25+,26+/m1/s1. The van der Waals surface area contributed by atoms with E-state index < -0.39 is 0 Å². The number of fused-ring (bicyclic) bond motifs is 4. The Labute approximate surface area is 195 Å². The molecule has 4 atom stereocenters. The Morgan fingerprint density at radius 3 is 2.58 bits per heavy atom. The van der Waals surface area contributed by atoms with Crippen molar-refractivity contribution < 1.29 is 9.90 Å². The Bertz CT molecular complexity index is 1010. The van der Waals surface area contributed by atoms with Gasteiger partial charge in [0.15, 0.2) is 0 Å². The number of pyridine rings is 1. The van der Waals surface area contributed by atoms with Gasteiger partial charge in [0.1, 0.15) is 0 Å². The van der Waals surface area contributed by atoms with Crippen LogP contribution in [0.25, 0.3) is 0 Å². The summed E-state index contributed by atoms with van der Waals surface area (Å²) in [7, 11) is 0. The first-order valence-corrected chi connectivity index (χ1v) is 12.6. The minimum atomic E-state index is -0.352. The van der Waals surface area contributed by atoms with Crippen LogP contribution < -0.4 is 10.9 Å². The number of nitrogens with one attached hydrogen (secondary N) is 1. The van der Waals surface area contributed by atoms with Gasteiger partial charge in [0, 0.05) is 50.0 Å². The second kappa shape index (κ2) is 9.82. The highest BCUT2D eigenvalue weighted by molar-refractivity contribution is 5.80. The number of benzene rings is 1. The van der Waals surface area contributed by atoms with Gasteiger partial charge in [-0.3, -0.25) is 14.5 Å². The molecule has 33 heavy (non-hydrogen) atoms. The van der Waals surface area contributed by atoms with Crippen LogP contribution in [0.2, 0.25) is 0 Å². The van der Waals surface area contributed by atoms with Crippen LogP contribution in [0.5, 0.6) is 0 Å². The first kappa shape index (κ1) is 22.4. The average molecular weight is 450 g/mol. The van der Waals surface area contributed by atoms with Crippen LogP contribution in [0.3, 0.4) is 0 Å². The van der Waals surface area contributed by atoms with Crippen molar-refractivity contribution in [3.8, 4) is 0 Å². The Morgan fingerprint density at radius 2 is 1.82 bits per heavy atom. The van der Waals surface area contributed by atoms with Gasteiger partial charge in [-0.15, -0.1) is 0 Å². The maximum absolute atomic E-state index is 13.6. The molecule has 1 aliphatic carbocycles. The number of aromatic nitrogens is 1. The number of hydrogen-bond acceptors (Lipinski definition) is 4. The van der Waals surface area contributed by atoms with Crippen molar-refractivity contribution in [2.75, 3.05) is 19.7 Å². The summed E-state index contributed by atoms with van der Waals surface area (Å²) in [6, 6.07) is 15.5. The molecule has 1 saturated carbocycles. The largest absolute Gasteiger partial charge is 0.396 e. The van der Waals surface area contributed by atoms with Gasteiger partial charge in [0.05, 0.1) is 12.0 Å². The average Bonchev–Trinajstić information content (AvgIpc) is 3.07. The molecule has 2 fully saturated rings. The third-order valence-corrected chi connectivity index (χ3v) is 8.14. The maximum atomic E-state index is 13.6. The maximum Gasteiger partial charge on any atom is 0.250 e. The molecule has 3 heterocycles. The van der Waals surface area contributed by atoms with Crippen LogP contribution in [-0.4, -0.2) is 46.2 Å². The summed E-state index contributed by atoms with van der Waals surface area (Å²) < 4.78 is 1.82.